The van der Waals surface area contributed by atoms with Gasteiger partial charge < -0.3 is 15.7 Å². The Kier molecular flexibility index (Phi) is 5.32. The molecule has 0 unspecified atom stereocenters. The minimum absolute atomic E-state index is 0.134. The first-order chi connectivity index (χ1) is 8.49. The van der Waals surface area contributed by atoms with Crippen molar-refractivity contribution >= 4 is 17.6 Å². The van der Waals surface area contributed by atoms with E-state index < -0.39 is 5.97 Å². The van der Waals surface area contributed by atoms with Gasteiger partial charge in [-0.3, -0.25) is 4.79 Å². The van der Waals surface area contributed by atoms with Gasteiger partial charge in [-0.25, -0.2) is 4.79 Å². The Bertz CT molecular complexity index is 430. The quantitative estimate of drug-likeness (QED) is 0.718. The molecule has 0 atom stereocenters. The minimum atomic E-state index is -1.01. The Morgan fingerprint density at radius 1 is 1.33 bits per heavy atom. The maximum Gasteiger partial charge on any atom is 0.335 e. The largest absolute Gasteiger partial charge is 0.478 e. The van der Waals surface area contributed by atoms with Gasteiger partial charge in [0.15, 0.2) is 0 Å². The molecular formula is C13H18N2O3. The van der Waals surface area contributed by atoms with Gasteiger partial charge in [-0.15, -0.1) is 0 Å². The summed E-state index contributed by atoms with van der Waals surface area (Å²) in [4.78, 5) is 22.3. The lowest BCUT2D eigenvalue weighted by atomic mass is 10.2. The van der Waals surface area contributed by atoms with Crippen LogP contribution in [0.15, 0.2) is 24.3 Å². The van der Waals surface area contributed by atoms with E-state index in [1.54, 1.807) is 12.1 Å². The van der Waals surface area contributed by atoms with Gasteiger partial charge in [-0.2, -0.15) is 0 Å². The van der Waals surface area contributed by atoms with Crippen LogP contribution in [0.1, 0.15) is 30.6 Å². The van der Waals surface area contributed by atoms with Crippen LogP contribution in [-0.2, 0) is 4.79 Å². The minimum Gasteiger partial charge on any atom is -0.478 e. The lowest BCUT2D eigenvalue weighted by Gasteiger charge is -2.08. The second kappa shape index (κ2) is 6.76. The van der Waals surface area contributed by atoms with Gasteiger partial charge in [-0.1, -0.05) is 19.9 Å². The number of benzene rings is 1. The first-order valence-corrected chi connectivity index (χ1v) is 5.85. The van der Waals surface area contributed by atoms with Crippen molar-refractivity contribution < 1.29 is 14.7 Å². The highest BCUT2D eigenvalue weighted by Gasteiger charge is 2.06. The molecule has 0 radical (unpaired) electrons. The fraction of sp³-hybridized carbons (Fsp3) is 0.385. The Hall–Kier alpha value is -1.88. The predicted octanol–water partition coefficient (Wildman–Crippen LogP) is 1.71. The van der Waals surface area contributed by atoms with E-state index >= 15 is 0 Å². The van der Waals surface area contributed by atoms with Crippen LogP contribution in [-0.4, -0.2) is 29.6 Å². The third-order valence-corrected chi connectivity index (χ3v) is 2.30. The molecule has 5 heteroatoms. The number of carboxylic acid groups (broad SMARTS) is 1. The standard InChI is InChI=1S/C13H18N2O3/c1-9(2)14-7-6-12(16)15-11-5-3-4-10(8-11)13(17)18/h3-5,8-9,14H,6-7H2,1-2H3,(H,15,16)(H,17,18). The molecule has 98 valence electrons. The fourth-order valence-electron chi connectivity index (χ4n) is 1.43. The van der Waals surface area contributed by atoms with Crippen molar-refractivity contribution in [3.05, 3.63) is 29.8 Å². The summed E-state index contributed by atoms with van der Waals surface area (Å²) in [5.74, 6) is -1.14. The van der Waals surface area contributed by atoms with E-state index in [0.717, 1.165) is 0 Å². The number of rotatable bonds is 6. The normalized spacial score (nSPS) is 10.4. The zero-order valence-corrected chi connectivity index (χ0v) is 10.6. The van der Waals surface area contributed by atoms with Crippen molar-refractivity contribution in [3.63, 3.8) is 0 Å². The second-order valence-corrected chi connectivity index (χ2v) is 4.29. The SMILES string of the molecule is CC(C)NCCC(=O)Nc1cccc(C(=O)O)c1. The summed E-state index contributed by atoms with van der Waals surface area (Å²) in [6.45, 7) is 4.62. The molecule has 0 saturated carbocycles. The molecule has 0 saturated heterocycles. The topological polar surface area (TPSA) is 78.4 Å². The molecule has 0 aromatic heterocycles. The molecule has 3 N–H and O–H groups in total. The summed E-state index contributed by atoms with van der Waals surface area (Å²) in [7, 11) is 0. The second-order valence-electron chi connectivity index (χ2n) is 4.29. The average Bonchev–Trinajstić information content (AvgIpc) is 2.28. The van der Waals surface area contributed by atoms with Crippen LogP contribution in [0.5, 0.6) is 0 Å². The maximum atomic E-state index is 11.6. The number of amides is 1. The molecule has 1 aromatic carbocycles. The maximum absolute atomic E-state index is 11.6. The summed E-state index contributed by atoms with van der Waals surface area (Å²) in [5, 5.41) is 14.6. The summed E-state index contributed by atoms with van der Waals surface area (Å²) in [6.07, 6.45) is 0.357. The van der Waals surface area contributed by atoms with E-state index in [1.807, 2.05) is 13.8 Å². The highest BCUT2D eigenvalue weighted by Crippen LogP contribution is 2.10. The Morgan fingerprint density at radius 3 is 2.67 bits per heavy atom. The number of nitrogens with one attached hydrogen (secondary N) is 2. The third kappa shape index (κ3) is 4.97. The van der Waals surface area contributed by atoms with E-state index in [0.29, 0.717) is 24.7 Å². The van der Waals surface area contributed by atoms with Crippen LogP contribution in [0, 0.1) is 0 Å². The summed E-state index contributed by atoms with van der Waals surface area (Å²) in [6, 6.07) is 6.54. The zero-order chi connectivity index (χ0) is 13.5. The monoisotopic (exact) mass is 250 g/mol. The van der Waals surface area contributed by atoms with Crippen molar-refractivity contribution in [1.82, 2.24) is 5.32 Å². The number of carbonyl (C=O) groups is 2. The molecular weight excluding hydrogens is 232 g/mol. The van der Waals surface area contributed by atoms with Crippen molar-refractivity contribution in [2.75, 3.05) is 11.9 Å². The number of anilines is 1. The molecule has 0 bridgehead atoms. The molecule has 1 rings (SSSR count). The number of carboxylic acids is 1. The molecule has 0 spiro atoms. The van der Waals surface area contributed by atoms with E-state index in [4.69, 9.17) is 5.11 Å². The average molecular weight is 250 g/mol. The van der Waals surface area contributed by atoms with Crippen LogP contribution in [0.2, 0.25) is 0 Å². The van der Waals surface area contributed by atoms with Gasteiger partial charge in [0.25, 0.3) is 0 Å². The molecule has 0 heterocycles. The van der Waals surface area contributed by atoms with Gasteiger partial charge in [0.2, 0.25) is 5.91 Å². The van der Waals surface area contributed by atoms with E-state index in [-0.39, 0.29) is 11.5 Å². The number of hydrogen-bond donors (Lipinski definition) is 3. The highest BCUT2D eigenvalue weighted by atomic mass is 16.4. The summed E-state index contributed by atoms with van der Waals surface area (Å²) >= 11 is 0. The molecule has 0 aliphatic heterocycles. The first kappa shape index (κ1) is 14.2. The molecule has 5 nitrogen and oxygen atoms in total. The van der Waals surface area contributed by atoms with Gasteiger partial charge in [-0.05, 0) is 18.2 Å². The summed E-state index contributed by atoms with van der Waals surface area (Å²) in [5.41, 5.74) is 0.664. The number of aromatic carboxylic acids is 1. The highest BCUT2D eigenvalue weighted by molar-refractivity contribution is 5.93. The Balaban J connectivity index is 2.49. The molecule has 0 aliphatic carbocycles. The third-order valence-electron chi connectivity index (χ3n) is 2.30. The predicted molar refractivity (Wildman–Crippen MR) is 69.8 cm³/mol. The van der Waals surface area contributed by atoms with Crippen molar-refractivity contribution in [3.8, 4) is 0 Å². The molecule has 0 fully saturated rings. The van der Waals surface area contributed by atoms with Crippen LogP contribution in [0.25, 0.3) is 0 Å². The Labute approximate surface area is 106 Å². The van der Waals surface area contributed by atoms with Crippen LogP contribution >= 0.6 is 0 Å². The van der Waals surface area contributed by atoms with Gasteiger partial charge in [0.1, 0.15) is 0 Å². The summed E-state index contributed by atoms with van der Waals surface area (Å²) < 4.78 is 0. The molecule has 18 heavy (non-hydrogen) atoms. The van der Waals surface area contributed by atoms with E-state index in [2.05, 4.69) is 10.6 Å². The van der Waals surface area contributed by atoms with Gasteiger partial charge in [0.05, 0.1) is 5.56 Å². The molecule has 0 aliphatic rings. The fourth-order valence-corrected chi connectivity index (χ4v) is 1.43. The van der Waals surface area contributed by atoms with E-state index in [1.165, 1.54) is 12.1 Å². The number of hydrogen-bond acceptors (Lipinski definition) is 3. The number of carbonyl (C=O) groups excluding carboxylic acids is 1. The van der Waals surface area contributed by atoms with Gasteiger partial charge in [0, 0.05) is 24.7 Å². The van der Waals surface area contributed by atoms with Crippen LogP contribution in [0.4, 0.5) is 5.69 Å². The molecule has 1 amide bonds. The lowest BCUT2D eigenvalue weighted by Crippen LogP contribution is -2.27. The van der Waals surface area contributed by atoms with Crippen molar-refractivity contribution in [2.24, 2.45) is 0 Å². The zero-order valence-electron chi connectivity index (χ0n) is 10.6. The van der Waals surface area contributed by atoms with E-state index in [9.17, 15) is 9.59 Å². The first-order valence-electron chi connectivity index (χ1n) is 5.85. The Morgan fingerprint density at radius 2 is 2.06 bits per heavy atom. The molecule has 1 aromatic rings. The van der Waals surface area contributed by atoms with Crippen molar-refractivity contribution in [2.45, 2.75) is 26.3 Å². The van der Waals surface area contributed by atoms with Crippen molar-refractivity contribution in [1.29, 1.82) is 0 Å². The van der Waals surface area contributed by atoms with Crippen LogP contribution in [0.3, 0.4) is 0 Å². The van der Waals surface area contributed by atoms with Gasteiger partial charge >= 0.3 is 5.97 Å². The smallest absolute Gasteiger partial charge is 0.335 e. The lowest BCUT2D eigenvalue weighted by molar-refractivity contribution is -0.116. The van der Waals surface area contributed by atoms with Crippen LogP contribution < -0.4 is 10.6 Å².